The normalized spacial score (nSPS) is 15.1. The van der Waals surface area contributed by atoms with Crippen LogP contribution in [0.3, 0.4) is 0 Å². The molecule has 1 aromatic heterocycles. The molecule has 4 rings (SSSR count). The summed E-state index contributed by atoms with van der Waals surface area (Å²) in [6.45, 7) is 1.29. The molecule has 0 saturated carbocycles. The second kappa shape index (κ2) is 7.60. The Bertz CT molecular complexity index is 950. The Morgan fingerprint density at radius 2 is 1.85 bits per heavy atom. The van der Waals surface area contributed by atoms with Crippen LogP contribution in [0.15, 0.2) is 57.4 Å². The number of piperidine rings is 1. The molecule has 7 heteroatoms. The maximum Gasteiger partial charge on any atom is 0.253 e. The first-order valence-electron chi connectivity index (χ1n) is 8.74. The van der Waals surface area contributed by atoms with E-state index in [2.05, 4.69) is 26.1 Å². The van der Waals surface area contributed by atoms with Crippen LogP contribution in [0.4, 0.5) is 4.39 Å². The molecule has 3 aromatic rings. The number of carbonyl (C=O) groups is 1. The largest absolute Gasteiger partial charge is 0.420 e. The summed E-state index contributed by atoms with van der Waals surface area (Å²) in [6, 6.07) is 13.4. The molecule has 1 amide bonds. The van der Waals surface area contributed by atoms with Crippen LogP contribution in [0, 0.1) is 5.82 Å². The van der Waals surface area contributed by atoms with E-state index in [0.29, 0.717) is 36.0 Å². The monoisotopic (exact) mass is 429 g/mol. The molecule has 1 fully saturated rings. The van der Waals surface area contributed by atoms with Crippen molar-refractivity contribution in [3.8, 4) is 11.5 Å². The van der Waals surface area contributed by atoms with E-state index in [4.69, 9.17) is 4.42 Å². The predicted octanol–water partition coefficient (Wildman–Crippen LogP) is 4.66. The molecular weight excluding hydrogens is 413 g/mol. The van der Waals surface area contributed by atoms with Gasteiger partial charge >= 0.3 is 0 Å². The molecule has 0 unspecified atom stereocenters. The lowest BCUT2D eigenvalue weighted by Crippen LogP contribution is -2.38. The van der Waals surface area contributed by atoms with Crippen molar-refractivity contribution >= 4 is 21.8 Å². The molecule has 2 heterocycles. The highest BCUT2D eigenvalue weighted by atomic mass is 79.9. The second-order valence-electron chi connectivity index (χ2n) is 6.53. The SMILES string of the molecule is O=C(c1cccc(Br)c1)N1CCC(c2nnc(-c3ccc(F)cc3)o2)CC1. The van der Waals surface area contributed by atoms with Gasteiger partial charge in [0.2, 0.25) is 11.8 Å². The zero-order valence-corrected chi connectivity index (χ0v) is 16.0. The molecule has 0 N–H and O–H groups in total. The van der Waals surface area contributed by atoms with E-state index < -0.39 is 0 Å². The molecule has 27 heavy (non-hydrogen) atoms. The maximum atomic E-state index is 13.0. The Kier molecular flexibility index (Phi) is 5.03. The Hall–Kier alpha value is -2.54. The fourth-order valence-electron chi connectivity index (χ4n) is 3.24. The van der Waals surface area contributed by atoms with Gasteiger partial charge in [-0.05, 0) is 55.3 Å². The Morgan fingerprint density at radius 3 is 2.56 bits per heavy atom. The molecule has 0 atom stereocenters. The summed E-state index contributed by atoms with van der Waals surface area (Å²) in [7, 11) is 0. The number of rotatable bonds is 3. The fourth-order valence-corrected chi connectivity index (χ4v) is 3.64. The molecule has 0 radical (unpaired) electrons. The highest BCUT2D eigenvalue weighted by Crippen LogP contribution is 2.30. The van der Waals surface area contributed by atoms with E-state index in [0.717, 1.165) is 17.3 Å². The van der Waals surface area contributed by atoms with Gasteiger partial charge in [0, 0.05) is 34.6 Å². The van der Waals surface area contributed by atoms with Crippen molar-refractivity contribution in [1.82, 2.24) is 15.1 Å². The fraction of sp³-hybridized carbons (Fsp3) is 0.250. The summed E-state index contributed by atoms with van der Waals surface area (Å²) in [5, 5.41) is 8.24. The van der Waals surface area contributed by atoms with Gasteiger partial charge in [0.25, 0.3) is 5.91 Å². The van der Waals surface area contributed by atoms with E-state index in [1.807, 2.05) is 29.2 Å². The summed E-state index contributed by atoms with van der Waals surface area (Å²) in [5.41, 5.74) is 1.37. The van der Waals surface area contributed by atoms with E-state index in [1.54, 1.807) is 12.1 Å². The van der Waals surface area contributed by atoms with Crippen LogP contribution < -0.4 is 0 Å². The Labute approximate surface area is 164 Å². The summed E-state index contributed by atoms with van der Waals surface area (Å²) >= 11 is 3.40. The minimum absolute atomic E-state index is 0.0345. The number of benzene rings is 2. The van der Waals surface area contributed by atoms with Gasteiger partial charge in [-0.1, -0.05) is 22.0 Å². The van der Waals surface area contributed by atoms with Crippen LogP contribution in [0.1, 0.15) is 35.0 Å². The van der Waals surface area contributed by atoms with Gasteiger partial charge < -0.3 is 9.32 Å². The Morgan fingerprint density at radius 1 is 1.11 bits per heavy atom. The van der Waals surface area contributed by atoms with Crippen LogP contribution in [0.25, 0.3) is 11.5 Å². The number of amides is 1. The standard InChI is InChI=1S/C20H17BrFN3O2/c21-16-3-1-2-15(12-16)20(26)25-10-8-14(9-11-25)19-24-23-18(27-19)13-4-6-17(22)7-5-13/h1-7,12,14H,8-11H2. The quantitative estimate of drug-likeness (QED) is 0.607. The number of halogens is 2. The third-order valence-electron chi connectivity index (χ3n) is 4.73. The third kappa shape index (κ3) is 3.93. The van der Waals surface area contributed by atoms with Gasteiger partial charge in [0.15, 0.2) is 0 Å². The van der Waals surface area contributed by atoms with E-state index in [1.165, 1.54) is 12.1 Å². The lowest BCUT2D eigenvalue weighted by atomic mass is 9.96. The Balaban J connectivity index is 1.41. The first kappa shape index (κ1) is 17.9. The first-order valence-corrected chi connectivity index (χ1v) is 9.53. The van der Waals surface area contributed by atoms with Crippen molar-refractivity contribution in [2.45, 2.75) is 18.8 Å². The number of hydrogen-bond donors (Lipinski definition) is 0. The first-order chi connectivity index (χ1) is 13.1. The van der Waals surface area contributed by atoms with Crippen LogP contribution in [-0.2, 0) is 0 Å². The van der Waals surface area contributed by atoms with Crippen molar-refractivity contribution in [2.24, 2.45) is 0 Å². The lowest BCUT2D eigenvalue weighted by Gasteiger charge is -2.30. The number of hydrogen-bond acceptors (Lipinski definition) is 4. The summed E-state index contributed by atoms with van der Waals surface area (Å²) < 4.78 is 19.7. The maximum absolute atomic E-state index is 13.0. The zero-order chi connectivity index (χ0) is 18.8. The average Bonchev–Trinajstić information content (AvgIpc) is 3.18. The number of aromatic nitrogens is 2. The van der Waals surface area contributed by atoms with E-state index in [-0.39, 0.29) is 17.6 Å². The van der Waals surface area contributed by atoms with Gasteiger partial charge in [-0.3, -0.25) is 4.79 Å². The zero-order valence-electron chi connectivity index (χ0n) is 14.4. The van der Waals surface area contributed by atoms with E-state index >= 15 is 0 Å². The van der Waals surface area contributed by atoms with Gasteiger partial charge in [0.1, 0.15) is 5.82 Å². The molecule has 1 saturated heterocycles. The number of likely N-dealkylation sites (tertiary alicyclic amines) is 1. The minimum Gasteiger partial charge on any atom is -0.420 e. The molecule has 0 spiro atoms. The summed E-state index contributed by atoms with van der Waals surface area (Å²) in [5.74, 6) is 0.813. The van der Waals surface area contributed by atoms with Gasteiger partial charge in [-0.15, -0.1) is 10.2 Å². The molecule has 1 aliphatic heterocycles. The van der Waals surface area contributed by atoms with Crippen molar-refractivity contribution < 1.29 is 13.6 Å². The molecule has 0 bridgehead atoms. The van der Waals surface area contributed by atoms with E-state index in [9.17, 15) is 9.18 Å². The van der Waals surface area contributed by atoms with Gasteiger partial charge in [-0.2, -0.15) is 0 Å². The highest BCUT2D eigenvalue weighted by Gasteiger charge is 2.28. The smallest absolute Gasteiger partial charge is 0.253 e. The second-order valence-corrected chi connectivity index (χ2v) is 7.44. The van der Waals surface area contributed by atoms with Crippen molar-refractivity contribution in [3.63, 3.8) is 0 Å². The highest BCUT2D eigenvalue weighted by molar-refractivity contribution is 9.10. The van der Waals surface area contributed by atoms with Crippen molar-refractivity contribution in [1.29, 1.82) is 0 Å². The summed E-state index contributed by atoms with van der Waals surface area (Å²) in [6.07, 6.45) is 1.54. The molecule has 2 aromatic carbocycles. The van der Waals surface area contributed by atoms with Crippen molar-refractivity contribution in [2.75, 3.05) is 13.1 Å². The van der Waals surface area contributed by atoms with Crippen LogP contribution in [0.5, 0.6) is 0 Å². The predicted molar refractivity (Wildman–Crippen MR) is 102 cm³/mol. The van der Waals surface area contributed by atoms with Crippen LogP contribution in [-0.4, -0.2) is 34.1 Å². The topological polar surface area (TPSA) is 59.2 Å². The molecule has 138 valence electrons. The van der Waals surface area contributed by atoms with Crippen LogP contribution in [0.2, 0.25) is 0 Å². The molecule has 5 nitrogen and oxygen atoms in total. The van der Waals surface area contributed by atoms with Gasteiger partial charge in [-0.25, -0.2) is 4.39 Å². The number of carbonyl (C=O) groups excluding carboxylic acids is 1. The number of nitrogens with zero attached hydrogens (tertiary/aromatic N) is 3. The molecular formula is C20H17BrFN3O2. The van der Waals surface area contributed by atoms with Gasteiger partial charge in [0.05, 0.1) is 0 Å². The minimum atomic E-state index is -0.305. The van der Waals surface area contributed by atoms with Crippen molar-refractivity contribution in [3.05, 3.63) is 70.3 Å². The average molecular weight is 430 g/mol. The molecule has 1 aliphatic rings. The lowest BCUT2D eigenvalue weighted by molar-refractivity contribution is 0.0706. The van der Waals surface area contributed by atoms with Crippen LogP contribution >= 0.6 is 15.9 Å². The molecule has 0 aliphatic carbocycles. The summed E-state index contributed by atoms with van der Waals surface area (Å²) in [4.78, 5) is 14.5. The third-order valence-corrected chi connectivity index (χ3v) is 5.23.